The van der Waals surface area contributed by atoms with Crippen LogP contribution in [0.4, 0.5) is 0 Å². The smallest absolute Gasteiger partial charge is 0.254 e. The molecular weight excluding hydrogens is 264 g/mol. The molecule has 0 bridgehead atoms. The number of nitrogens with one attached hydrogen (secondary N) is 1. The Kier molecular flexibility index (Phi) is 3.69. The molecule has 2 aromatic carbocycles. The van der Waals surface area contributed by atoms with Crippen LogP contribution in [-0.4, -0.2) is 36.3 Å². The van der Waals surface area contributed by atoms with Crippen molar-refractivity contribution in [1.29, 1.82) is 0 Å². The highest BCUT2D eigenvalue weighted by molar-refractivity contribution is 5.97. The van der Waals surface area contributed by atoms with E-state index in [4.69, 9.17) is 0 Å². The highest BCUT2D eigenvalue weighted by Crippen LogP contribution is 2.19. The number of nitrogens with zero attached hydrogens (tertiary/aromatic N) is 1. The maximum Gasteiger partial charge on any atom is 0.254 e. The fraction of sp³-hybridized carbons (Fsp3) is 0.176. The standard InChI is InChI=1S/C17H16N2O2/c20-16-12-19(11-10-18-16)17(21)15-8-6-14(7-9-15)13-4-2-1-3-5-13/h1-9H,10-12H2,(H,18,20). The summed E-state index contributed by atoms with van der Waals surface area (Å²) in [5.74, 6) is -0.194. The Labute approximate surface area is 123 Å². The van der Waals surface area contributed by atoms with Crippen LogP contribution in [0.3, 0.4) is 0 Å². The van der Waals surface area contributed by atoms with E-state index in [0.29, 0.717) is 18.7 Å². The minimum atomic E-state index is -0.101. The van der Waals surface area contributed by atoms with Gasteiger partial charge in [-0.2, -0.15) is 0 Å². The molecular formula is C17H16N2O2. The molecule has 106 valence electrons. The summed E-state index contributed by atoms with van der Waals surface area (Å²) in [7, 11) is 0. The van der Waals surface area contributed by atoms with Gasteiger partial charge in [-0.05, 0) is 23.3 Å². The normalized spacial score (nSPS) is 14.7. The zero-order valence-corrected chi connectivity index (χ0v) is 11.6. The number of carbonyl (C=O) groups is 2. The molecule has 0 aromatic heterocycles. The van der Waals surface area contributed by atoms with E-state index in [0.717, 1.165) is 11.1 Å². The van der Waals surface area contributed by atoms with E-state index in [-0.39, 0.29) is 18.4 Å². The van der Waals surface area contributed by atoms with Gasteiger partial charge in [0.05, 0.1) is 6.54 Å². The lowest BCUT2D eigenvalue weighted by Gasteiger charge is -2.26. The van der Waals surface area contributed by atoms with E-state index < -0.39 is 0 Å². The van der Waals surface area contributed by atoms with Gasteiger partial charge in [-0.25, -0.2) is 0 Å². The molecule has 0 aliphatic carbocycles. The van der Waals surface area contributed by atoms with E-state index in [1.165, 1.54) is 0 Å². The highest BCUT2D eigenvalue weighted by atomic mass is 16.2. The van der Waals surface area contributed by atoms with Crippen molar-refractivity contribution in [3.8, 4) is 11.1 Å². The predicted molar refractivity (Wildman–Crippen MR) is 80.8 cm³/mol. The number of amides is 2. The first kappa shape index (κ1) is 13.4. The van der Waals surface area contributed by atoms with Crippen molar-refractivity contribution in [1.82, 2.24) is 10.2 Å². The summed E-state index contributed by atoms with van der Waals surface area (Å²) in [6, 6.07) is 17.5. The van der Waals surface area contributed by atoms with E-state index in [9.17, 15) is 9.59 Å². The molecule has 1 aliphatic heterocycles. The minimum absolute atomic E-state index is 0.0931. The van der Waals surface area contributed by atoms with Crippen molar-refractivity contribution < 1.29 is 9.59 Å². The van der Waals surface area contributed by atoms with Crippen LogP contribution in [0.5, 0.6) is 0 Å². The van der Waals surface area contributed by atoms with Crippen LogP contribution in [0, 0.1) is 0 Å². The summed E-state index contributed by atoms with van der Waals surface area (Å²) in [4.78, 5) is 25.3. The number of hydrogen-bond acceptors (Lipinski definition) is 2. The third-order valence-electron chi connectivity index (χ3n) is 3.56. The van der Waals surface area contributed by atoms with Gasteiger partial charge in [0, 0.05) is 18.7 Å². The summed E-state index contributed by atoms with van der Waals surface area (Å²) in [5.41, 5.74) is 2.81. The molecule has 1 heterocycles. The highest BCUT2D eigenvalue weighted by Gasteiger charge is 2.22. The number of hydrogen-bond donors (Lipinski definition) is 1. The van der Waals surface area contributed by atoms with Gasteiger partial charge in [-0.1, -0.05) is 42.5 Å². The fourth-order valence-corrected chi connectivity index (χ4v) is 2.43. The van der Waals surface area contributed by atoms with Gasteiger partial charge in [0.2, 0.25) is 5.91 Å². The lowest BCUT2D eigenvalue weighted by atomic mass is 10.0. The third-order valence-corrected chi connectivity index (χ3v) is 3.56. The molecule has 0 radical (unpaired) electrons. The Hall–Kier alpha value is -2.62. The molecule has 0 saturated carbocycles. The van der Waals surface area contributed by atoms with Crippen molar-refractivity contribution >= 4 is 11.8 Å². The van der Waals surface area contributed by atoms with E-state index in [1.807, 2.05) is 54.6 Å². The second kappa shape index (κ2) is 5.79. The Morgan fingerprint density at radius 3 is 2.29 bits per heavy atom. The minimum Gasteiger partial charge on any atom is -0.353 e. The van der Waals surface area contributed by atoms with Crippen LogP contribution in [-0.2, 0) is 4.79 Å². The fourth-order valence-electron chi connectivity index (χ4n) is 2.43. The SMILES string of the molecule is O=C1CN(C(=O)c2ccc(-c3ccccc3)cc2)CCN1. The maximum atomic E-state index is 12.3. The Bertz CT molecular complexity index is 650. The first-order chi connectivity index (χ1) is 10.2. The van der Waals surface area contributed by atoms with Crippen molar-refractivity contribution in [3.63, 3.8) is 0 Å². The van der Waals surface area contributed by atoms with Crippen LogP contribution in [0.15, 0.2) is 54.6 Å². The summed E-state index contributed by atoms with van der Waals surface area (Å²) in [6.07, 6.45) is 0. The van der Waals surface area contributed by atoms with Gasteiger partial charge in [0.25, 0.3) is 5.91 Å². The second-order valence-corrected chi connectivity index (χ2v) is 5.02. The molecule has 1 N–H and O–H groups in total. The van der Waals surface area contributed by atoms with Gasteiger partial charge in [-0.15, -0.1) is 0 Å². The topological polar surface area (TPSA) is 49.4 Å². The predicted octanol–water partition coefficient (Wildman–Crippen LogP) is 1.93. The lowest BCUT2D eigenvalue weighted by molar-refractivity contribution is -0.123. The monoisotopic (exact) mass is 280 g/mol. The van der Waals surface area contributed by atoms with Crippen molar-refractivity contribution in [2.45, 2.75) is 0 Å². The van der Waals surface area contributed by atoms with Crippen LogP contribution in [0.2, 0.25) is 0 Å². The van der Waals surface area contributed by atoms with E-state index >= 15 is 0 Å². The number of benzene rings is 2. The molecule has 0 unspecified atom stereocenters. The van der Waals surface area contributed by atoms with Gasteiger partial charge >= 0.3 is 0 Å². The largest absolute Gasteiger partial charge is 0.353 e. The molecule has 0 spiro atoms. The van der Waals surface area contributed by atoms with Crippen LogP contribution >= 0.6 is 0 Å². The van der Waals surface area contributed by atoms with E-state index in [2.05, 4.69) is 5.32 Å². The number of piperazine rings is 1. The molecule has 0 atom stereocenters. The summed E-state index contributed by atoms with van der Waals surface area (Å²) >= 11 is 0. The molecule has 21 heavy (non-hydrogen) atoms. The first-order valence-electron chi connectivity index (χ1n) is 6.95. The van der Waals surface area contributed by atoms with Crippen molar-refractivity contribution in [2.75, 3.05) is 19.6 Å². The molecule has 2 amide bonds. The van der Waals surface area contributed by atoms with Crippen LogP contribution in [0.1, 0.15) is 10.4 Å². The molecule has 1 fully saturated rings. The number of carbonyl (C=O) groups excluding carboxylic acids is 2. The van der Waals surface area contributed by atoms with Gasteiger partial charge in [0.1, 0.15) is 0 Å². The van der Waals surface area contributed by atoms with Gasteiger partial charge in [0.15, 0.2) is 0 Å². The molecule has 2 aromatic rings. The molecule has 3 rings (SSSR count). The lowest BCUT2D eigenvalue weighted by Crippen LogP contribution is -2.49. The van der Waals surface area contributed by atoms with Crippen LogP contribution in [0.25, 0.3) is 11.1 Å². The number of rotatable bonds is 2. The van der Waals surface area contributed by atoms with Crippen molar-refractivity contribution in [2.24, 2.45) is 0 Å². The van der Waals surface area contributed by atoms with Gasteiger partial charge in [-0.3, -0.25) is 9.59 Å². The second-order valence-electron chi connectivity index (χ2n) is 5.02. The van der Waals surface area contributed by atoms with Crippen LogP contribution < -0.4 is 5.32 Å². The summed E-state index contributed by atoms with van der Waals surface area (Å²) in [5, 5.41) is 2.72. The zero-order chi connectivity index (χ0) is 14.7. The molecule has 4 heteroatoms. The first-order valence-corrected chi connectivity index (χ1v) is 6.95. The van der Waals surface area contributed by atoms with E-state index in [1.54, 1.807) is 4.90 Å². The maximum absolute atomic E-state index is 12.3. The molecule has 1 aliphatic rings. The Morgan fingerprint density at radius 1 is 0.952 bits per heavy atom. The zero-order valence-electron chi connectivity index (χ0n) is 11.6. The Balaban J connectivity index is 1.78. The Morgan fingerprint density at radius 2 is 1.62 bits per heavy atom. The average Bonchev–Trinajstić information content (AvgIpc) is 2.55. The molecule has 1 saturated heterocycles. The summed E-state index contributed by atoms with van der Waals surface area (Å²) in [6.45, 7) is 1.22. The third kappa shape index (κ3) is 2.94. The quantitative estimate of drug-likeness (QED) is 0.913. The van der Waals surface area contributed by atoms with Crippen molar-refractivity contribution in [3.05, 3.63) is 60.2 Å². The van der Waals surface area contributed by atoms with Gasteiger partial charge < -0.3 is 10.2 Å². The molecule has 4 nitrogen and oxygen atoms in total. The average molecular weight is 280 g/mol. The summed E-state index contributed by atoms with van der Waals surface area (Å²) < 4.78 is 0.